The molecule has 1 aliphatic heterocycles. The summed E-state index contributed by atoms with van der Waals surface area (Å²) in [5, 5.41) is 2.51. The van der Waals surface area contributed by atoms with Crippen LogP contribution in [-0.4, -0.2) is 27.4 Å². The molecule has 2 aliphatic rings. The molecule has 1 saturated heterocycles. The van der Waals surface area contributed by atoms with E-state index >= 15 is 0 Å². The summed E-state index contributed by atoms with van der Waals surface area (Å²) in [6.07, 6.45) is 3.14. The summed E-state index contributed by atoms with van der Waals surface area (Å²) in [5.74, 6) is -2.41. The number of nitrogens with two attached hydrogens (primary N) is 1. The summed E-state index contributed by atoms with van der Waals surface area (Å²) < 4.78 is 28.5. The second kappa shape index (κ2) is 6.73. The number of rotatable bonds is 3. The number of nitrogens with zero attached hydrogens (tertiary/aromatic N) is 3. The highest BCUT2D eigenvalue weighted by molar-refractivity contribution is 7.81. The molecule has 0 atom stereocenters. The van der Waals surface area contributed by atoms with Crippen molar-refractivity contribution in [2.75, 3.05) is 20.9 Å². The van der Waals surface area contributed by atoms with Crippen molar-refractivity contribution in [3.8, 4) is 0 Å². The van der Waals surface area contributed by atoms with Crippen molar-refractivity contribution in [1.29, 1.82) is 0 Å². The van der Waals surface area contributed by atoms with Gasteiger partial charge in [0, 0.05) is 18.7 Å². The first-order valence-electron chi connectivity index (χ1n) is 8.91. The number of nitrogen functional groups attached to an aromatic ring is 1. The van der Waals surface area contributed by atoms with Gasteiger partial charge in [0.15, 0.2) is 16.7 Å². The molecular weight excluding hydrogens is 400 g/mol. The molecule has 2 fully saturated rings. The van der Waals surface area contributed by atoms with Crippen LogP contribution in [0.5, 0.6) is 0 Å². The van der Waals surface area contributed by atoms with E-state index in [2.05, 4.69) is 10.3 Å². The number of hydrogen-bond acceptors (Lipinski definition) is 5. The van der Waals surface area contributed by atoms with Gasteiger partial charge in [0.2, 0.25) is 5.91 Å². The van der Waals surface area contributed by atoms with Crippen LogP contribution < -0.4 is 20.9 Å². The lowest BCUT2D eigenvalue weighted by atomic mass is 9.75. The number of aromatic nitrogens is 1. The lowest BCUT2D eigenvalue weighted by Gasteiger charge is -2.43. The van der Waals surface area contributed by atoms with Gasteiger partial charge in [-0.15, -0.1) is 0 Å². The fourth-order valence-electron chi connectivity index (χ4n) is 3.70. The second-order valence-electron chi connectivity index (χ2n) is 7.05. The standard InChI is InChI=1S/C19H17F2N5O2S/c1-10(27)24-15-4-3-11(7-13(15)20)26-18(29)25(17(28)19(26)5-2-6-19)12-8-14(21)16(22)23-9-12/h3-4,7-9H,2,5-6H2,1H3,(H2,22,23)(H,24,27). The van der Waals surface area contributed by atoms with E-state index in [0.717, 1.165) is 12.5 Å². The van der Waals surface area contributed by atoms with Crippen LogP contribution in [0.25, 0.3) is 0 Å². The van der Waals surface area contributed by atoms with Crippen molar-refractivity contribution < 1.29 is 18.4 Å². The van der Waals surface area contributed by atoms with Gasteiger partial charge in [0.05, 0.1) is 17.6 Å². The molecular formula is C19H17F2N5O2S. The molecule has 2 amide bonds. The van der Waals surface area contributed by atoms with Crippen molar-refractivity contribution in [3.63, 3.8) is 0 Å². The Labute approximate surface area is 170 Å². The zero-order valence-corrected chi connectivity index (χ0v) is 16.2. The molecule has 1 saturated carbocycles. The number of benzene rings is 1. The van der Waals surface area contributed by atoms with Crippen LogP contribution >= 0.6 is 12.2 Å². The van der Waals surface area contributed by atoms with Gasteiger partial charge in [0.25, 0.3) is 5.91 Å². The number of pyridine rings is 1. The van der Waals surface area contributed by atoms with Gasteiger partial charge in [-0.3, -0.25) is 14.5 Å². The fraction of sp³-hybridized carbons (Fsp3) is 0.263. The van der Waals surface area contributed by atoms with Gasteiger partial charge in [-0.05, 0) is 49.7 Å². The smallest absolute Gasteiger partial charge is 0.259 e. The SMILES string of the molecule is CC(=O)Nc1ccc(N2C(=S)N(c3cnc(N)c(F)c3)C(=O)C23CCC3)cc1F. The zero-order valence-electron chi connectivity index (χ0n) is 15.4. The Morgan fingerprint density at radius 1 is 1.24 bits per heavy atom. The Morgan fingerprint density at radius 2 is 1.93 bits per heavy atom. The minimum atomic E-state index is -0.948. The zero-order chi connectivity index (χ0) is 20.9. The summed E-state index contributed by atoms with van der Waals surface area (Å²) >= 11 is 5.53. The third kappa shape index (κ3) is 2.91. The number of halogens is 2. The maximum atomic E-state index is 14.5. The Bertz CT molecular complexity index is 1060. The summed E-state index contributed by atoms with van der Waals surface area (Å²) in [7, 11) is 0. The highest BCUT2D eigenvalue weighted by Crippen LogP contribution is 2.48. The predicted molar refractivity (Wildman–Crippen MR) is 108 cm³/mol. The van der Waals surface area contributed by atoms with Crippen LogP contribution in [0, 0.1) is 11.6 Å². The summed E-state index contributed by atoms with van der Waals surface area (Å²) in [4.78, 5) is 31.0. The number of hydrogen-bond donors (Lipinski definition) is 2. The first-order valence-corrected chi connectivity index (χ1v) is 9.32. The van der Waals surface area contributed by atoms with E-state index in [1.165, 1.54) is 30.2 Å². The van der Waals surface area contributed by atoms with Crippen LogP contribution in [0.1, 0.15) is 26.2 Å². The molecule has 29 heavy (non-hydrogen) atoms. The quantitative estimate of drug-likeness (QED) is 0.746. The van der Waals surface area contributed by atoms with E-state index in [-0.39, 0.29) is 28.2 Å². The Morgan fingerprint density at radius 3 is 2.48 bits per heavy atom. The van der Waals surface area contributed by atoms with Crippen LogP contribution in [-0.2, 0) is 9.59 Å². The highest BCUT2D eigenvalue weighted by Gasteiger charge is 2.59. The summed E-state index contributed by atoms with van der Waals surface area (Å²) in [6, 6.07) is 5.32. The number of nitrogens with one attached hydrogen (secondary N) is 1. The third-order valence-electron chi connectivity index (χ3n) is 5.23. The molecule has 1 aromatic heterocycles. The van der Waals surface area contributed by atoms with E-state index in [4.69, 9.17) is 18.0 Å². The molecule has 0 bridgehead atoms. The Kier molecular flexibility index (Phi) is 4.45. The number of anilines is 4. The van der Waals surface area contributed by atoms with E-state index in [0.29, 0.717) is 18.5 Å². The maximum absolute atomic E-state index is 14.5. The summed E-state index contributed by atoms with van der Waals surface area (Å²) in [6.45, 7) is 1.28. The van der Waals surface area contributed by atoms with Gasteiger partial charge in [-0.2, -0.15) is 0 Å². The molecule has 0 unspecified atom stereocenters. The van der Waals surface area contributed by atoms with Gasteiger partial charge in [-0.25, -0.2) is 13.8 Å². The van der Waals surface area contributed by atoms with Crippen molar-refractivity contribution in [3.05, 3.63) is 42.1 Å². The molecule has 1 spiro atoms. The average molecular weight is 417 g/mol. The first-order chi connectivity index (χ1) is 13.7. The molecule has 150 valence electrons. The van der Waals surface area contributed by atoms with Gasteiger partial charge in [0.1, 0.15) is 11.4 Å². The van der Waals surface area contributed by atoms with E-state index < -0.39 is 23.1 Å². The third-order valence-corrected chi connectivity index (χ3v) is 5.59. The molecule has 2 aromatic rings. The minimum Gasteiger partial charge on any atom is -0.381 e. The molecule has 4 rings (SSSR count). The van der Waals surface area contributed by atoms with Crippen molar-refractivity contribution in [1.82, 2.24) is 4.98 Å². The van der Waals surface area contributed by atoms with Gasteiger partial charge >= 0.3 is 0 Å². The number of carbonyl (C=O) groups excluding carboxylic acids is 2. The van der Waals surface area contributed by atoms with Crippen LogP contribution in [0.2, 0.25) is 0 Å². The molecule has 2 heterocycles. The number of carbonyl (C=O) groups is 2. The molecule has 1 aliphatic carbocycles. The second-order valence-corrected chi connectivity index (χ2v) is 7.41. The predicted octanol–water partition coefficient (Wildman–Crippen LogP) is 2.96. The van der Waals surface area contributed by atoms with Crippen molar-refractivity contribution in [2.24, 2.45) is 0 Å². The van der Waals surface area contributed by atoms with Gasteiger partial charge < -0.3 is 16.0 Å². The Balaban J connectivity index is 1.76. The highest BCUT2D eigenvalue weighted by atomic mass is 32.1. The maximum Gasteiger partial charge on any atom is 0.259 e. The molecule has 3 N–H and O–H groups in total. The van der Waals surface area contributed by atoms with Crippen LogP contribution in [0.4, 0.5) is 31.7 Å². The Hall–Kier alpha value is -3.14. The van der Waals surface area contributed by atoms with E-state index in [1.54, 1.807) is 11.0 Å². The van der Waals surface area contributed by atoms with Crippen LogP contribution in [0.15, 0.2) is 30.5 Å². The number of thiocarbonyl (C=S) groups is 1. The van der Waals surface area contributed by atoms with Gasteiger partial charge in [-0.1, -0.05) is 0 Å². The summed E-state index contributed by atoms with van der Waals surface area (Å²) in [5.41, 5.74) is 5.05. The average Bonchev–Trinajstić information content (AvgIpc) is 2.86. The monoisotopic (exact) mass is 417 g/mol. The normalized spacial score (nSPS) is 17.6. The molecule has 10 heteroatoms. The number of amides is 2. The molecule has 1 aromatic carbocycles. The lowest BCUT2D eigenvalue weighted by molar-refractivity contribution is -0.124. The van der Waals surface area contributed by atoms with E-state index in [9.17, 15) is 18.4 Å². The molecule has 7 nitrogen and oxygen atoms in total. The fourth-order valence-corrected chi connectivity index (χ4v) is 4.17. The largest absolute Gasteiger partial charge is 0.381 e. The minimum absolute atomic E-state index is 0.0296. The van der Waals surface area contributed by atoms with Crippen molar-refractivity contribution in [2.45, 2.75) is 31.7 Å². The van der Waals surface area contributed by atoms with E-state index in [1.807, 2.05) is 0 Å². The van der Waals surface area contributed by atoms with Crippen molar-refractivity contribution >= 4 is 52.0 Å². The topological polar surface area (TPSA) is 91.6 Å². The lowest BCUT2D eigenvalue weighted by Crippen LogP contribution is -2.55. The van der Waals surface area contributed by atoms with Crippen LogP contribution in [0.3, 0.4) is 0 Å². The molecule has 0 radical (unpaired) electrons. The first kappa shape index (κ1) is 19.2.